The van der Waals surface area contributed by atoms with E-state index in [1.165, 1.54) is 10.4 Å². The summed E-state index contributed by atoms with van der Waals surface area (Å²) in [6, 6.07) is 6.14. The first kappa shape index (κ1) is 15.1. The maximum atomic E-state index is 11.9. The predicted octanol–water partition coefficient (Wildman–Crippen LogP) is 4.51. The molecule has 0 radical (unpaired) electrons. The summed E-state index contributed by atoms with van der Waals surface area (Å²) in [4.78, 5) is 13.1. The number of carbonyl (C=O) groups is 1. The molecule has 1 unspecified atom stereocenters. The maximum absolute atomic E-state index is 11.9. The van der Waals surface area contributed by atoms with Gasteiger partial charge in [0, 0.05) is 10.6 Å². The first-order valence-corrected chi connectivity index (χ1v) is 9.40. The molecule has 0 aromatic carbocycles. The minimum atomic E-state index is -0.0290. The lowest BCUT2D eigenvalue weighted by Crippen LogP contribution is -2.30. The second-order valence-corrected chi connectivity index (χ2v) is 8.66. The van der Waals surface area contributed by atoms with Crippen molar-refractivity contribution in [3.05, 3.63) is 43.2 Å². The molecule has 0 aliphatic rings. The Hall–Kier alpha value is -0.300. The molecular weight excluding hydrogens is 362 g/mol. The zero-order valence-corrected chi connectivity index (χ0v) is 14.4. The molecule has 19 heavy (non-hydrogen) atoms. The highest BCUT2D eigenvalue weighted by Gasteiger charge is 2.13. The molecular formula is C13H14BrNOS3. The van der Waals surface area contributed by atoms with Crippen molar-refractivity contribution in [1.82, 2.24) is 5.32 Å². The number of amides is 1. The summed E-state index contributed by atoms with van der Waals surface area (Å²) < 4.78 is 1.14. The zero-order valence-electron chi connectivity index (χ0n) is 10.4. The minimum absolute atomic E-state index is 0.0290. The van der Waals surface area contributed by atoms with E-state index in [0.717, 1.165) is 9.54 Å². The predicted molar refractivity (Wildman–Crippen MR) is 88.9 cm³/mol. The van der Waals surface area contributed by atoms with Crippen LogP contribution in [0.25, 0.3) is 0 Å². The van der Waals surface area contributed by atoms with Gasteiger partial charge in [0.15, 0.2) is 0 Å². The summed E-state index contributed by atoms with van der Waals surface area (Å²) in [5.74, 6) is 0.975. The molecule has 102 valence electrons. The van der Waals surface area contributed by atoms with Crippen molar-refractivity contribution >= 4 is 56.3 Å². The van der Waals surface area contributed by atoms with E-state index in [-0.39, 0.29) is 11.2 Å². The number of hydrogen-bond donors (Lipinski definition) is 1. The maximum Gasteiger partial charge on any atom is 0.233 e. The smallest absolute Gasteiger partial charge is 0.233 e. The van der Waals surface area contributed by atoms with E-state index >= 15 is 0 Å². The fraction of sp³-hybridized carbons (Fsp3) is 0.308. The summed E-state index contributed by atoms with van der Waals surface area (Å²) in [5, 5.41) is 7.08. The summed E-state index contributed by atoms with van der Waals surface area (Å²) in [5.41, 5.74) is 1.26. The lowest BCUT2D eigenvalue weighted by atomic mass is 10.4. The van der Waals surface area contributed by atoms with E-state index in [4.69, 9.17) is 0 Å². The lowest BCUT2D eigenvalue weighted by molar-refractivity contribution is -0.120. The van der Waals surface area contributed by atoms with Crippen LogP contribution in [0.5, 0.6) is 0 Å². The normalized spacial score (nSPS) is 12.3. The molecule has 1 N–H and O–H groups in total. The molecule has 2 nitrogen and oxygen atoms in total. The molecule has 1 amide bonds. The topological polar surface area (TPSA) is 29.1 Å². The summed E-state index contributed by atoms with van der Waals surface area (Å²) in [7, 11) is 0. The third-order valence-electron chi connectivity index (χ3n) is 2.51. The number of rotatable bonds is 6. The van der Waals surface area contributed by atoms with Crippen LogP contribution in [0.4, 0.5) is 0 Å². The molecule has 1 atom stereocenters. The molecule has 2 aromatic heterocycles. The summed E-state index contributed by atoms with van der Waals surface area (Å²) in [6.45, 7) is 2.58. The van der Waals surface area contributed by atoms with Crippen molar-refractivity contribution < 1.29 is 4.79 Å². The van der Waals surface area contributed by atoms with Gasteiger partial charge >= 0.3 is 0 Å². The Labute approximate surface area is 133 Å². The van der Waals surface area contributed by atoms with Crippen LogP contribution in [0.15, 0.2) is 32.7 Å². The van der Waals surface area contributed by atoms with Crippen LogP contribution >= 0.6 is 50.4 Å². The largest absolute Gasteiger partial charge is 0.350 e. The first-order valence-electron chi connectivity index (χ1n) is 5.80. The monoisotopic (exact) mass is 375 g/mol. The van der Waals surface area contributed by atoms with Crippen molar-refractivity contribution in [2.45, 2.75) is 24.5 Å². The molecule has 0 aliphatic heterocycles. The van der Waals surface area contributed by atoms with Crippen LogP contribution in [-0.4, -0.2) is 11.2 Å². The van der Waals surface area contributed by atoms with Gasteiger partial charge in [0.05, 0.1) is 15.6 Å². The number of thiophene rings is 2. The number of hydrogen-bond acceptors (Lipinski definition) is 4. The van der Waals surface area contributed by atoms with E-state index in [1.54, 1.807) is 34.4 Å². The molecule has 2 aromatic rings. The van der Waals surface area contributed by atoms with Crippen molar-refractivity contribution in [2.75, 3.05) is 0 Å². The number of nitrogens with one attached hydrogen (secondary N) is 1. The fourth-order valence-corrected chi connectivity index (χ4v) is 4.25. The average Bonchev–Trinajstić information content (AvgIpc) is 3.04. The quantitative estimate of drug-likeness (QED) is 0.804. The van der Waals surface area contributed by atoms with Gasteiger partial charge in [-0.3, -0.25) is 4.79 Å². The Morgan fingerprint density at radius 3 is 3.00 bits per heavy atom. The highest BCUT2D eigenvalue weighted by atomic mass is 79.9. The Morgan fingerprint density at radius 1 is 1.53 bits per heavy atom. The van der Waals surface area contributed by atoms with Gasteiger partial charge in [-0.2, -0.15) is 0 Å². The van der Waals surface area contributed by atoms with Gasteiger partial charge in [-0.05, 0) is 51.3 Å². The average molecular weight is 376 g/mol. The van der Waals surface area contributed by atoms with Crippen LogP contribution < -0.4 is 5.32 Å². The Morgan fingerprint density at radius 2 is 2.37 bits per heavy atom. The fourth-order valence-electron chi connectivity index (χ4n) is 1.45. The van der Waals surface area contributed by atoms with Crippen molar-refractivity contribution in [3.8, 4) is 0 Å². The molecule has 0 spiro atoms. The lowest BCUT2D eigenvalue weighted by Gasteiger charge is -2.10. The SMILES string of the molecule is CC(SCc1csc(Br)c1)C(=O)NCc1cccs1. The van der Waals surface area contributed by atoms with Crippen molar-refractivity contribution in [3.63, 3.8) is 0 Å². The van der Waals surface area contributed by atoms with Crippen molar-refractivity contribution in [2.24, 2.45) is 0 Å². The summed E-state index contributed by atoms with van der Waals surface area (Å²) >= 11 is 8.45. The standard InChI is InChI=1S/C13H14BrNOS3/c1-9(18-7-10-5-12(14)19-8-10)13(16)15-6-11-3-2-4-17-11/h2-5,8-9H,6-7H2,1H3,(H,15,16). The van der Waals surface area contributed by atoms with Gasteiger partial charge in [-0.15, -0.1) is 34.4 Å². The van der Waals surface area contributed by atoms with Crippen LogP contribution in [0.1, 0.15) is 17.4 Å². The van der Waals surface area contributed by atoms with Gasteiger partial charge in [0.2, 0.25) is 5.91 Å². The number of carbonyl (C=O) groups excluding carboxylic acids is 1. The molecule has 0 fully saturated rings. The number of thioether (sulfide) groups is 1. The first-order chi connectivity index (χ1) is 9.15. The van der Waals surface area contributed by atoms with E-state index in [9.17, 15) is 4.79 Å². The van der Waals surface area contributed by atoms with E-state index < -0.39 is 0 Å². The van der Waals surface area contributed by atoms with Gasteiger partial charge < -0.3 is 5.32 Å². The Balaban J connectivity index is 1.73. The Kier molecular flexibility index (Phi) is 5.94. The van der Waals surface area contributed by atoms with Gasteiger partial charge in [0.25, 0.3) is 0 Å². The van der Waals surface area contributed by atoms with Gasteiger partial charge in [-0.1, -0.05) is 6.07 Å². The third kappa shape index (κ3) is 4.95. The highest BCUT2D eigenvalue weighted by Crippen LogP contribution is 2.25. The summed E-state index contributed by atoms with van der Waals surface area (Å²) in [6.07, 6.45) is 0. The second-order valence-electron chi connectivity index (χ2n) is 4.01. The molecule has 6 heteroatoms. The van der Waals surface area contributed by atoms with Crippen molar-refractivity contribution in [1.29, 1.82) is 0 Å². The molecule has 2 heterocycles. The van der Waals surface area contributed by atoms with Crippen LogP contribution in [-0.2, 0) is 17.1 Å². The van der Waals surface area contributed by atoms with Gasteiger partial charge in [-0.25, -0.2) is 0 Å². The van der Waals surface area contributed by atoms with Crippen LogP contribution in [0, 0.1) is 0 Å². The third-order valence-corrected chi connectivity index (χ3v) is 6.15. The zero-order chi connectivity index (χ0) is 13.7. The van der Waals surface area contributed by atoms with Crippen LogP contribution in [0.3, 0.4) is 0 Å². The second kappa shape index (κ2) is 7.47. The van der Waals surface area contributed by atoms with Gasteiger partial charge in [0.1, 0.15) is 0 Å². The van der Waals surface area contributed by atoms with E-state index in [0.29, 0.717) is 6.54 Å². The van der Waals surface area contributed by atoms with E-state index in [2.05, 4.69) is 32.7 Å². The molecule has 0 saturated heterocycles. The van der Waals surface area contributed by atoms with E-state index in [1.807, 2.05) is 24.4 Å². The molecule has 2 rings (SSSR count). The highest BCUT2D eigenvalue weighted by molar-refractivity contribution is 9.11. The Bertz CT molecular complexity index is 524. The number of halogens is 1. The minimum Gasteiger partial charge on any atom is -0.350 e. The molecule has 0 bridgehead atoms. The molecule has 0 saturated carbocycles. The molecule has 0 aliphatic carbocycles. The van der Waals surface area contributed by atoms with Crippen LogP contribution in [0.2, 0.25) is 0 Å².